The third-order valence-corrected chi connectivity index (χ3v) is 1.84. The molecule has 1 unspecified atom stereocenters. The quantitative estimate of drug-likeness (QED) is 0.454. The van der Waals surface area contributed by atoms with Gasteiger partial charge in [0.05, 0.1) is 0 Å². The zero-order chi connectivity index (χ0) is 8.10. The van der Waals surface area contributed by atoms with Crippen molar-refractivity contribution in [1.29, 1.82) is 0 Å². The van der Waals surface area contributed by atoms with E-state index >= 15 is 0 Å². The third-order valence-electron chi connectivity index (χ3n) is 1.84. The van der Waals surface area contributed by atoms with Gasteiger partial charge >= 0.3 is 5.97 Å². The van der Waals surface area contributed by atoms with Gasteiger partial charge < -0.3 is 9.47 Å². The first kappa shape index (κ1) is 8.53. The van der Waals surface area contributed by atoms with E-state index in [4.69, 9.17) is 9.47 Å². The summed E-state index contributed by atoms with van der Waals surface area (Å²) in [5, 5.41) is 0. The monoisotopic (exact) mass is 158 g/mol. The van der Waals surface area contributed by atoms with Gasteiger partial charge in [0.25, 0.3) is 0 Å². The Hall–Kier alpha value is -0.570. The van der Waals surface area contributed by atoms with Crippen LogP contribution in [0.4, 0.5) is 0 Å². The summed E-state index contributed by atoms with van der Waals surface area (Å²) in [5.74, 6) is -0.0487. The van der Waals surface area contributed by atoms with Gasteiger partial charge in [0, 0.05) is 20.1 Å². The maximum absolute atomic E-state index is 10.6. The lowest BCUT2D eigenvalue weighted by Crippen LogP contribution is -2.07. The fraction of sp³-hybridized carbons (Fsp3) is 0.875. The maximum atomic E-state index is 10.6. The highest BCUT2D eigenvalue weighted by Gasteiger charge is 2.22. The Morgan fingerprint density at radius 3 is 3.09 bits per heavy atom. The predicted molar refractivity (Wildman–Crippen MR) is 40.2 cm³/mol. The van der Waals surface area contributed by atoms with Crippen molar-refractivity contribution in [1.82, 2.24) is 0 Å². The highest BCUT2D eigenvalue weighted by atomic mass is 16.5. The van der Waals surface area contributed by atoms with Gasteiger partial charge in [-0.15, -0.1) is 0 Å². The van der Waals surface area contributed by atoms with Crippen LogP contribution in [0.1, 0.15) is 25.7 Å². The van der Waals surface area contributed by atoms with Gasteiger partial charge in [0.1, 0.15) is 6.10 Å². The van der Waals surface area contributed by atoms with Gasteiger partial charge in [0.15, 0.2) is 0 Å². The average molecular weight is 158 g/mol. The minimum Gasteiger partial charge on any atom is -0.462 e. The smallest absolute Gasteiger partial charge is 0.306 e. The van der Waals surface area contributed by atoms with Crippen molar-refractivity contribution in [3.8, 4) is 0 Å². The standard InChI is InChI=1S/C8H14O3/c1-10-6-2-3-7-4-5-8(9)11-7/h7H,2-6H2,1H3. The first-order valence-corrected chi connectivity index (χ1v) is 4.01. The van der Waals surface area contributed by atoms with Crippen LogP contribution in [-0.2, 0) is 14.3 Å². The highest BCUT2D eigenvalue weighted by Crippen LogP contribution is 2.17. The van der Waals surface area contributed by atoms with Crippen molar-refractivity contribution >= 4 is 5.97 Å². The summed E-state index contributed by atoms with van der Waals surface area (Å²) in [7, 11) is 1.68. The summed E-state index contributed by atoms with van der Waals surface area (Å²) in [6, 6.07) is 0. The normalized spacial score (nSPS) is 23.7. The minimum atomic E-state index is -0.0487. The number of ether oxygens (including phenoxy) is 2. The van der Waals surface area contributed by atoms with Crippen LogP contribution in [0.5, 0.6) is 0 Å². The molecule has 1 aliphatic rings. The van der Waals surface area contributed by atoms with Crippen molar-refractivity contribution < 1.29 is 14.3 Å². The summed E-state index contributed by atoms with van der Waals surface area (Å²) in [5.41, 5.74) is 0. The summed E-state index contributed by atoms with van der Waals surface area (Å²) in [4.78, 5) is 10.6. The molecule has 0 aromatic carbocycles. The topological polar surface area (TPSA) is 35.5 Å². The Labute approximate surface area is 66.7 Å². The zero-order valence-electron chi connectivity index (χ0n) is 6.84. The number of methoxy groups -OCH3 is 1. The van der Waals surface area contributed by atoms with Crippen molar-refractivity contribution in [3.05, 3.63) is 0 Å². The molecule has 0 aromatic heterocycles. The van der Waals surface area contributed by atoms with Gasteiger partial charge in [0.2, 0.25) is 0 Å². The van der Waals surface area contributed by atoms with E-state index in [0.29, 0.717) is 6.42 Å². The van der Waals surface area contributed by atoms with E-state index in [1.54, 1.807) is 7.11 Å². The molecule has 1 aliphatic heterocycles. The average Bonchev–Trinajstić information content (AvgIpc) is 2.37. The molecule has 1 fully saturated rings. The van der Waals surface area contributed by atoms with Gasteiger partial charge in [-0.1, -0.05) is 0 Å². The van der Waals surface area contributed by atoms with Crippen molar-refractivity contribution in [2.24, 2.45) is 0 Å². The van der Waals surface area contributed by atoms with E-state index in [-0.39, 0.29) is 12.1 Å². The molecule has 0 bridgehead atoms. The van der Waals surface area contributed by atoms with Gasteiger partial charge in [-0.05, 0) is 19.3 Å². The zero-order valence-corrected chi connectivity index (χ0v) is 6.84. The first-order valence-electron chi connectivity index (χ1n) is 4.01. The Balaban J connectivity index is 2.04. The third kappa shape index (κ3) is 2.89. The van der Waals surface area contributed by atoms with Crippen molar-refractivity contribution in [2.75, 3.05) is 13.7 Å². The van der Waals surface area contributed by atoms with Crippen LogP contribution in [0.25, 0.3) is 0 Å². The molecule has 0 saturated carbocycles. The van der Waals surface area contributed by atoms with Gasteiger partial charge in [-0.3, -0.25) is 4.79 Å². The van der Waals surface area contributed by atoms with Crippen LogP contribution in [0, 0.1) is 0 Å². The minimum absolute atomic E-state index is 0.0487. The molecule has 1 atom stereocenters. The molecule has 0 aliphatic carbocycles. The van der Waals surface area contributed by atoms with Crippen LogP contribution in [-0.4, -0.2) is 25.8 Å². The van der Waals surface area contributed by atoms with E-state index in [1.165, 1.54) is 0 Å². The van der Waals surface area contributed by atoms with Crippen LogP contribution in [0.15, 0.2) is 0 Å². The number of hydrogen-bond acceptors (Lipinski definition) is 3. The molecule has 3 heteroatoms. The molecular weight excluding hydrogens is 144 g/mol. The lowest BCUT2D eigenvalue weighted by Gasteiger charge is -2.07. The number of hydrogen-bond donors (Lipinski definition) is 0. The predicted octanol–water partition coefficient (Wildman–Crippen LogP) is 1.12. The Bertz CT molecular complexity index is 133. The SMILES string of the molecule is COCCCC1CCC(=O)O1. The second-order valence-corrected chi connectivity index (χ2v) is 2.79. The highest BCUT2D eigenvalue weighted by molar-refractivity contribution is 5.71. The van der Waals surface area contributed by atoms with Crippen LogP contribution in [0.3, 0.4) is 0 Å². The van der Waals surface area contributed by atoms with Crippen LogP contribution < -0.4 is 0 Å². The lowest BCUT2D eigenvalue weighted by atomic mass is 10.1. The van der Waals surface area contributed by atoms with Gasteiger partial charge in [-0.25, -0.2) is 0 Å². The fourth-order valence-corrected chi connectivity index (χ4v) is 1.24. The number of rotatable bonds is 4. The Morgan fingerprint density at radius 1 is 1.73 bits per heavy atom. The van der Waals surface area contributed by atoms with E-state index in [0.717, 1.165) is 25.9 Å². The van der Waals surface area contributed by atoms with Crippen molar-refractivity contribution in [2.45, 2.75) is 31.8 Å². The lowest BCUT2D eigenvalue weighted by molar-refractivity contribution is -0.141. The van der Waals surface area contributed by atoms with E-state index < -0.39 is 0 Å². The maximum Gasteiger partial charge on any atom is 0.306 e. The molecular formula is C8H14O3. The number of esters is 1. The molecule has 0 radical (unpaired) electrons. The molecule has 0 aromatic rings. The first-order chi connectivity index (χ1) is 5.33. The number of carbonyl (C=O) groups is 1. The molecule has 1 rings (SSSR count). The molecule has 0 N–H and O–H groups in total. The van der Waals surface area contributed by atoms with E-state index in [1.807, 2.05) is 0 Å². The molecule has 1 saturated heterocycles. The van der Waals surface area contributed by atoms with Crippen LogP contribution in [0.2, 0.25) is 0 Å². The second kappa shape index (κ2) is 4.34. The summed E-state index contributed by atoms with van der Waals surface area (Å²) in [6.45, 7) is 0.758. The number of cyclic esters (lactones) is 1. The largest absolute Gasteiger partial charge is 0.462 e. The molecule has 1 heterocycles. The van der Waals surface area contributed by atoms with Crippen molar-refractivity contribution in [3.63, 3.8) is 0 Å². The molecule has 0 amide bonds. The Morgan fingerprint density at radius 2 is 2.55 bits per heavy atom. The molecule has 3 nitrogen and oxygen atoms in total. The summed E-state index contributed by atoms with van der Waals surface area (Å²) >= 11 is 0. The fourth-order valence-electron chi connectivity index (χ4n) is 1.24. The van der Waals surface area contributed by atoms with E-state index in [9.17, 15) is 4.79 Å². The molecule has 0 spiro atoms. The molecule has 64 valence electrons. The second-order valence-electron chi connectivity index (χ2n) is 2.79. The van der Waals surface area contributed by atoms with E-state index in [2.05, 4.69) is 0 Å². The number of carbonyl (C=O) groups excluding carboxylic acids is 1. The molecule has 11 heavy (non-hydrogen) atoms. The van der Waals surface area contributed by atoms with Crippen LogP contribution >= 0.6 is 0 Å². The summed E-state index contributed by atoms with van der Waals surface area (Å²) < 4.78 is 9.90. The van der Waals surface area contributed by atoms with Gasteiger partial charge in [-0.2, -0.15) is 0 Å². The summed E-state index contributed by atoms with van der Waals surface area (Å²) in [6.07, 6.45) is 3.58. The Kier molecular flexibility index (Phi) is 3.36.